The normalized spacial score (nSPS) is 11.7. The molecule has 0 aliphatic heterocycles. The lowest BCUT2D eigenvalue weighted by Crippen LogP contribution is -2.20. The molecule has 0 aliphatic carbocycles. The quantitative estimate of drug-likeness (QED) is 0.853. The first kappa shape index (κ1) is 15.1. The molecular weight excluding hydrogens is 287 g/mol. The van der Waals surface area contributed by atoms with Crippen molar-refractivity contribution in [1.29, 1.82) is 0 Å². The van der Waals surface area contributed by atoms with Crippen molar-refractivity contribution in [3.63, 3.8) is 0 Å². The van der Waals surface area contributed by atoms with Gasteiger partial charge in [0.1, 0.15) is 10.8 Å². The number of carbonyl (C=O) groups excluding carboxylic acids is 1. The van der Waals surface area contributed by atoms with Gasteiger partial charge in [-0.25, -0.2) is 4.39 Å². The third-order valence-electron chi connectivity index (χ3n) is 3.20. The Balaban J connectivity index is 2.15. The lowest BCUT2D eigenvalue weighted by Gasteiger charge is -2.13. The minimum atomic E-state index is -0.561. The molecule has 21 heavy (non-hydrogen) atoms. The van der Waals surface area contributed by atoms with Crippen LogP contribution in [0.25, 0.3) is 0 Å². The summed E-state index contributed by atoms with van der Waals surface area (Å²) in [5.41, 5.74) is 6.85. The van der Waals surface area contributed by atoms with Crippen LogP contribution < -0.4 is 11.1 Å². The van der Waals surface area contributed by atoms with Gasteiger partial charge >= 0.3 is 0 Å². The van der Waals surface area contributed by atoms with Gasteiger partial charge < -0.3 is 11.1 Å². The molecule has 0 aromatic heterocycles. The molecule has 0 bridgehead atoms. The predicted molar refractivity (Wildman–Crippen MR) is 85.8 cm³/mol. The van der Waals surface area contributed by atoms with Crippen LogP contribution in [-0.2, 0) is 4.79 Å². The van der Waals surface area contributed by atoms with E-state index in [-0.39, 0.29) is 22.5 Å². The van der Waals surface area contributed by atoms with E-state index in [1.807, 2.05) is 30.3 Å². The Labute approximate surface area is 128 Å². The lowest BCUT2D eigenvalue weighted by atomic mass is 10.0. The number of benzene rings is 2. The molecule has 0 radical (unpaired) electrons. The van der Waals surface area contributed by atoms with Crippen molar-refractivity contribution in [2.75, 3.05) is 5.32 Å². The van der Waals surface area contributed by atoms with E-state index in [2.05, 4.69) is 5.32 Å². The lowest BCUT2D eigenvalue weighted by molar-refractivity contribution is -0.117. The van der Waals surface area contributed by atoms with Gasteiger partial charge in [0.2, 0.25) is 5.91 Å². The van der Waals surface area contributed by atoms with Crippen LogP contribution in [0, 0.1) is 5.82 Å². The Bertz CT molecular complexity index is 673. The van der Waals surface area contributed by atoms with Crippen LogP contribution in [0.1, 0.15) is 24.0 Å². The van der Waals surface area contributed by atoms with Gasteiger partial charge in [-0.1, -0.05) is 42.5 Å². The van der Waals surface area contributed by atoms with Crippen LogP contribution in [0.5, 0.6) is 0 Å². The first-order valence-corrected chi connectivity index (χ1v) is 6.85. The average molecular weight is 302 g/mol. The highest BCUT2D eigenvalue weighted by molar-refractivity contribution is 7.80. The average Bonchev–Trinajstić information content (AvgIpc) is 2.49. The second kappa shape index (κ2) is 6.45. The number of thiocarbonyl (C=S) groups is 1. The van der Waals surface area contributed by atoms with Crippen molar-refractivity contribution in [3.8, 4) is 0 Å². The standard InChI is InChI=1S/C16H15FN2OS/c1-10(11-5-3-2-4-6-11)16(20)19-14-8-7-12(15(18)21)9-13(14)17/h2-10H,1H3,(H2,18,21)(H,19,20). The second-order valence-corrected chi connectivity index (χ2v) is 5.12. The molecule has 1 unspecified atom stereocenters. The van der Waals surface area contributed by atoms with Crippen LogP contribution in [0.15, 0.2) is 48.5 Å². The Morgan fingerprint density at radius 1 is 1.24 bits per heavy atom. The molecule has 3 nitrogen and oxygen atoms in total. The summed E-state index contributed by atoms with van der Waals surface area (Å²) < 4.78 is 13.9. The van der Waals surface area contributed by atoms with Crippen molar-refractivity contribution < 1.29 is 9.18 Å². The molecule has 0 heterocycles. The molecule has 0 fully saturated rings. The third-order valence-corrected chi connectivity index (χ3v) is 3.44. The Morgan fingerprint density at radius 2 is 1.90 bits per heavy atom. The molecule has 2 rings (SSSR count). The summed E-state index contributed by atoms with van der Waals surface area (Å²) in [4.78, 5) is 12.3. The summed E-state index contributed by atoms with van der Waals surface area (Å²) in [5.74, 6) is -1.21. The number of rotatable bonds is 4. The molecule has 1 atom stereocenters. The van der Waals surface area contributed by atoms with Crippen molar-refractivity contribution in [3.05, 3.63) is 65.5 Å². The van der Waals surface area contributed by atoms with Crippen molar-refractivity contribution in [2.45, 2.75) is 12.8 Å². The maximum atomic E-state index is 13.9. The molecule has 108 valence electrons. The van der Waals surface area contributed by atoms with E-state index in [4.69, 9.17) is 18.0 Å². The van der Waals surface area contributed by atoms with E-state index in [1.54, 1.807) is 13.0 Å². The number of hydrogen-bond acceptors (Lipinski definition) is 2. The zero-order valence-corrected chi connectivity index (χ0v) is 12.3. The van der Waals surface area contributed by atoms with Crippen molar-refractivity contribution in [2.24, 2.45) is 5.73 Å². The fourth-order valence-electron chi connectivity index (χ4n) is 1.90. The monoisotopic (exact) mass is 302 g/mol. The van der Waals surface area contributed by atoms with Crippen LogP contribution in [0.4, 0.5) is 10.1 Å². The van der Waals surface area contributed by atoms with E-state index in [1.165, 1.54) is 12.1 Å². The molecule has 0 spiro atoms. The minimum absolute atomic E-state index is 0.114. The summed E-state index contributed by atoms with van der Waals surface area (Å²) in [6, 6.07) is 13.6. The van der Waals surface area contributed by atoms with Gasteiger partial charge in [0, 0.05) is 5.56 Å². The fraction of sp³-hybridized carbons (Fsp3) is 0.125. The SMILES string of the molecule is CC(C(=O)Nc1ccc(C(N)=S)cc1F)c1ccccc1. The summed E-state index contributed by atoms with van der Waals surface area (Å²) in [6.07, 6.45) is 0. The van der Waals surface area contributed by atoms with Gasteiger partial charge in [-0.15, -0.1) is 0 Å². The molecule has 2 aromatic carbocycles. The molecule has 5 heteroatoms. The highest BCUT2D eigenvalue weighted by atomic mass is 32.1. The number of anilines is 1. The van der Waals surface area contributed by atoms with Gasteiger partial charge in [-0.05, 0) is 30.7 Å². The number of nitrogens with one attached hydrogen (secondary N) is 1. The number of amides is 1. The van der Waals surface area contributed by atoms with Gasteiger partial charge in [-0.3, -0.25) is 4.79 Å². The highest BCUT2D eigenvalue weighted by Crippen LogP contribution is 2.20. The maximum Gasteiger partial charge on any atom is 0.231 e. The molecule has 0 aliphatic rings. The molecule has 3 N–H and O–H groups in total. The van der Waals surface area contributed by atoms with E-state index in [0.717, 1.165) is 5.56 Å². The van der Waals surface area contributed by atoms with Gasteiger partial charge in [0.15, 0.2) is 0 Å². The first-order chi connectivity index (χ1) is 9.99. The molecular formula is C16H15FN2OS. The largest absolute Gasteiger partial charge is 0.389 e. The fourth-order valence-corrected chi connectivity index (χ4v) is 2.03. The number of carbonyl (C=O) groups is 1. The van der Waals surface area contributed by atoms with E-state index < -0.39 is 5.82 Å². The second-order valence-electron chi connectivity index (χ2n) is 4.68. The van der Waals surface area contributed by atoms with Crippen molar-refractivity contribution in [1.82, 2.24) is 0 Å². The van der Waals surface area contributed by atoms with Gasteiger partial charge in [-0.2, -0.15) is 0 Å². The zero-order chi connectivity index (χ0) is 15.4. The first-order valence-electron chi connectivity index (χ1n) is 6.44. The van der Waals surface area contributed by atoms with Crippen LogP contribution in [0.3, 0.4) is 0 Å². The molecule has 0 saturated carbocycles. The third kappa shape index (κ3) is 3.64. The number of hydrogen-bond donors (Lipinski definition) is 2. The molecule has 2 aromatic rings. The summed E-state index contributed by atoms with van der Waals surface area (Å²) in [6.45, 7) is 1.77. The Kier molecular flexibility index (Phi) is 4.65. The molecule has 0 saturated heterocycles. The van der Waals surface area contributed by atoms with Crippen LogP contribution in [-0.4, -0.2) is 10.9 Å². The summed E-state index contributed by atoms with van der Waals surface area (Å²) >= 11 is 4.78. The topological polar surface area (TPSA) is 55.1 Å². The van der Waals surface area contributed by atoms with Gasteiger partial charge in [0.25, 0.3) is 0 Å². The smallest absolute Gasteiger partial charge is 0.231 e. The summed E-state index contributed by atoms with van der Waals surface area (Å²) in [5, 5.41) is 2.58. The maximum absolute atomic E-state index is 13.9. The summed E-state index contributed by atoms with van der Waals surface area (Å²) in [7, 11) is 0. The van der Waals surface area contributed by atoms with E-state index >= 15 is 0 Å². The van der Waals surface area contributed by atoms with Crippen molar-refractivity contribution >= 4 is 28.8 Å². The Morgan fingerprint density at radius 3 is 2.48 bits per heavy atom. The highest BCUT2D eigenvalue weighted by Gasteiger charge is 2.16. The van der Waals surface area contributed by atoms with E-state index in [9.17, 15) is 9.18 Å². The molecule has 1 amide bonds. The van der Waals surface area contributed by atoms with Gasteiger partial charge in [0.05, 0.1) is 11.6 Å². The van der Waals surface area contributed by atoms with Crippen LogP contribution >= 0.6 is 12.2 Å². The number of nitrogens with two attached hydrogens (primary N) is 1. The van der Waals surface area contributed by atoms with E-state index in [0.29, 0.717) is 5.56 Å². The predicted octanol–water partition coefficient (Wildman–Crippen LogP) is 3.20. The Hall–Kier alpha value is -2.27. The minimum Gasteiger partial charge on any atom is -0.389 e. The number of halogens is 1. The van der Waals surface area contributed by atoms with Crippen LogP contribution in [0.2, 0.25) is 0 Å². The zero-order valence-electron chi connectivity index (χ0n) is 11.5.